The quantitative estimate of drug-likeness (QED) is 0.818. The van der Waals surface area contributed by atoms with Gasteiger partial charge in [0.1, 0.15) is 5.00 Å². The number of esters is 1. The fourth-order valence-electron chi connectivity index (χ4n) is 2.59. The molecule has 0 fully saturated rings. The number of fused-ring (bicyclic) bond motifs is 1. The van der Waals surface area contributed by atoms with Crippen LogP contribution in [0.25, 0.3) is 0 Å². The van der Waals surface area contributed by atoms with Gasteiger partial charge in [0.2, 0.25) is 5.91 Å². The number of carbonyl (C=O) groups is 2. The Morgan fingerprint density at radius 3 is 2.76 bits per heavy atom. The lowest BCUT2D eigenvalue weighted by Crippen LogP contribution is -2.23. The van der Waals surface area contributed by atoms with Crippen LogP contribution in [0.2, 0.25) is 0 Å². The minimum atomic E-state index is -0.365. The first-order chi connectivity index (χ1) is 10.1. The van der Waals surface area contributed by atoms with Gasteiger partial charge in [0.15, 0.2) is 0 Å². The molecule has 1 heterocycles. The van der Waals surface area contributed by atoms with Crippen molar-refractivity contribution in [2.24, 2.45) is 11.7 Å². The van der Waals surface area contributed by atoms with Gasteiger partial charge in [-0.1, -0.05) is 6.92 Å². The molecule has 116 valence electrons. The van der Waals surface area contributed by atoms with Crippen LogP contribution in [-0.4, -0.2) is 25.5 Å². The summed E-state index contributed by atoms with van der Waals surface area (Å²) < 4.78 is 4.89. The smallest absolute Gasteiger partial charge is 0.341 e. The van der Waals surface area contributed by atoms with Gasteiger partial charge in [0, 0.05) is 10.8 Å². The van der Waals surface area contributed by atoms with E-state index in [9.17, 15) is 9.59 Å². The van der Waals surface area contributed by atoms with E-state index >= 15 is 0 Å². The second-order valence-corrected chi connectivity index (χ2v) is 6.48. The lowest BCUT2D eigenvalue weighted by molar-refractivity contribution is -0.119. The normalized spacial score (nSPS) is 15.2. The van der Waals surface area contributed by atoms with Crippen molar-refractivity contribution in [3.8, 4) is 0 Å². The Hall–Kier alpha value is -1.40. The third-order valence-corrected chi connectivity index (χ3v) is 5.05. The van der Waals surface area contributed by atoms with E-state index in [2.05, 4.69) is 5.32 Å². The second kappa shape index (κ2) is 7.04. The first kappa shape index (κ1) is 16.0. The maximum atomic E-state index is 12.2. The van der Waals surface area contributed by atoms with Gasteiger partial charge in [-0.2, -0.15) is 0 Å². The zero-order valence-corrected chi connectivity index (χ0v) is 13.3. The number of rotatable bonds is 5. The molecule has 0 aliphatic heterocycles. The molecule has 1 aromatic rings. The summed E-state index contributed by atoms with van der Waals surface area (Å²) in [5.74, 6) is -0.625. The van der Waals surface area contributed by atoms with E-state index < -0.39 is 0 Å². The summed E-state index contributed by atoms with van der Waals surface area (Å²) in [6.45, 7) is 2.31. The van der Waals surface area contributed by atoms with E-state index in [-0.39, 0.29) is 17.8 Å². The molecule has 1 aliphatic carbocycles. The highest BCUT2D eigenvalue weighted by atomic mass is 32.1. The fourth-order valence-corrected chi connectivity index (χ4v) is 3.87. The zero-order valence-electron chi connectivity index (χ0n) is 12.5. The van der Waals surface area contributed by atoms with E-state index in [1.165, 1.54) is 23.3 Å². The molecule has 1 amide bonds. The van der Waals surface area contributed by atoms with E-state index in [1.54, 1.807) is 0 Å². The number of anilines is 1. The molecular formula is C15H22N2O3S. The number of hydrogen-bond donors (Lipinski definition) is 2. The van der Waals surface area contributed by atoms with Crippen LogP contribution in [0.1, 0.15) is 47.0 Å². The topological polar surface area (TPSA) is 81.4 Å². The number of ether oxygens (including phenoxy) is 1. The molecule has 0 spiro atoms. The molecule has 0 aromatic carbocycles. The van der Waals surface area contributed by atoms with Crippen molar-refractivity contribution >= 4 is 28.2 Å². The summed E-state index contributed by atoms with van der Waals surface area (Å²) in [5, 5.41) is 3.52. The lowest BCUT2D eigenvalue weighted by Gasteiger charge is -2.12. The highest BCUT2D eigenvalue weighted by molar-refractivity contribution is 7.17. The summed E-state index contributed by atoms with van der Waals surface area (Å²) in [6.07, 6.45) is 4.68. The third kappa shape index (κ3) is 3.44. The number of hydrogen-bond acceptors (Lipinski definition) is 5. The Kier molecular flexibility index (Phi) is 5.36. The van der Waals surface area contributed by atoms with Crippen LogP contribution >= 0.6 is 11.3 Å². The van der Waals surface area contributed by atoms with Crippen LogP contribution in [0.5, 0.6) is 0 Å². The second-order valence-electron chi connectivity index (χ2n) is 5.37. The maximum Gasteiger partial charge on any atom is 0.341 e. The Labute approximate surface area is 128 Å². The van der Waals surface area contributed by atoms with Crippen LogP contribution in [0.3, 0.4) is 0 Å². The maximum absolute atomic E-state index is 12.2. The van der Waals surface area contributed by atoms with Crippen molar-refractivity contribution in [3.63, 3.8) is 0 Å². The van der Waals surface area contributed by atoms with Gasteiger partial charge in [-0.3, -0.25) is 4.79 Å². The number of nitrogens with one attached hydrogen (secondary N) is 1. The average molecular weight is 310 g/mol. The summed E-state index contributed by atoms with van der Waals surface area (Å²) in [5.41, 5.74) is 7.09. The molecule has 0 radical (unpaired) electrons. The number of aryl methyl sites for hydroxylation is 1. The zero-order chi connectivity index (χ0) is 15.4. The van der Waals surface area contributed by atoms with Crippen molar-refractivity contribution < 1.29 is 14.3 Å². The Bertz CT molecular complexity index is 539. The molecule has 0 saturated carbocycles. The lowest BCUT2D eigenvalue weighted by atomic mass is 9.95. The van der Waals surface area contributed by atoms with Crippen LogP contribution in [0.15, 0.2) is 0 Å². The molecule has 1 unspecified atom stereocenters. The third-order valence-electron chi connectivity index (χ3n) is 3.84. The van der Waals surface area contributed by atoms with E-state index in [4.69, 9.17) is 10.5 Å². The molecule has 0 bridgehead atoms. The van der Waals surface area contributed by atoms with Crippen LogP contribution in [0.4, 0.5) is 5.00 Å². The van der Waals surface area contributed by atoms with Gasteiger partial charge in [0.25, 0.3) is 0 Å². The Morgan fingerprint density at radius 1 is 1.38 bits per heavy atom. The first-order valence-corrected chi connectivity index (χ1v) is 8.13. The molecule has 21 heavy (non-hydrogen) atoms. The molecule has 6 heteroatoms. The Balaban J connectivity index is 2.28. The molecule has 1 aromatic heterocycles. The highest BCUT2D eigenvalue weighted by Gasteiger charge is 2.27. The highest BCUT2D eigenvalue weighted by Crippen LogP contribution is 2.38. The number of methoxy groups -OCH3 is 1. The van der Waals surface area contributed by atoms with Crippen molar-refractivity contribution in [3.05, 3.63) is 16.0 Å². The van der Waals surface area contributed by atoms with E-state index in [0.29, 0.717) is 23.5 Å². The SMILES string of the molecule is COC(=O)c1c(NC(=O)C(C)CCN)sc2c1CCCC2. The van der Waals surface area contributed by atoms with Gasteiger partial charge >= 0.3 is 5.97 Å². The number of nitrogens with two attached hydrogens (primary N) is 1. The number of thiophene rings is 1. The summed E-state index contributed by atoms with van der Waals surface area (Å²) in [4.78, 5) is 25.4. The van der Waals surface area contributed by atoms with Crippen molar-refractivity contribution in [1.29, 1.82) is 0 Å². The minimum absolute atomic E-state index is 0.0933. The van der Waals surface area contributed by atoms with Gasteiger partial charge < -0.3 is 15.8 Å². The average Bonchev–Trinajstić information content (AvgIpc) is 2.84. The summed E-state index contributed by atoms with van der Waals surface area (Å²) in [7, 11) is 1.37. The van der Waals surface area contributed by atoms with Crippen molar-refractivity contribution in [1.82, 2.24) is 0 Å². The molecule has 5 nitrogen and oxygen atoms in total. The predicted molar refractivity (Wildman–Crippen MR) is 83.8 cm³/mol. The summed E-state index contributed by atoms with van der Waals surface area (Å²) >= 11 is 1.51. The molecule has 1 aliphatic rings. The minimum Gasteiger partial charge on any atom is -0.465 e. The molecular weight excluding hydrogens is 288 g/mol. The number of carbonyl (C=O) groups excluding carboxylic acids is 2. The van der Waals surface area contributed by atoms with Crippen LogP contribution in [0, 0.1) is 5.92 Å². The predicted octanol–water partition coefficient (Wildman–Crippen LogP) is 2.34. The van der Waals surface area contributed by atoms with Crippen molar-refractivity contribution in [2.75, 3.05) is 19.0 Å². The molecule has 3 N–H and O–H groups in total. The first-order valence-electron chi connectivity index (χ1n) is 7.32. The van der Waals surface area contributed by atoms with Crippen LogP contribution < -0.4 is 11.1 Å². The van der Waals surface area contributed by atoms with Crippen molar-refractivity contribution in [2.45, 2.75) is 39.0 Å². The monoisotopic (exact) mass is 310 g/mol. The fraction of sp³-hybridized carbons (Fsp3) is 0.600. The Morgan fingerprint density at radius 2 is 2.10 bits per heavy atom. The van der Waals surface area contributed by atoms with E-state index in [1.807, 2.05) is 6.92 Å². The van der Waals surface area contributed by atoms with Gasteiger partial charge in [-0.15, -0.1) is 11.3 Å². The summed E-state index contributed by atoms with van der Waals surface area (Å²) in [6, 6.07) is 0. The molecule has 1 atom stereocenters. The van der Waals surface area contributed by atoms with E-state index in [0.717, 1.165) is 31.2 Å². The molecule has 0 saturated heterocycles. The van der Waals surface area contributed by atoms with Gasteiger partial charge in [-0.25, -0.2) is 4.79 Å². The number of amides is 1. The largest absolute Gasteiger partial charge is 0.465 e. The van der Waals surface area contributed by atoms with Gasteiger partial charge in [0.05, 0.1) is 12.7 Å². The van der Waals surface area contributed by atoms with Crippen LogP contribution in [-0.2, 0) is 22.4 Å². The molecule has 2 rings (SSSR count). The van der Waals surface area contributed by atoms with Gasteiger partial charge in [-0.05, 0) is 44.2 Å². The standard InChI is InChI=1S/C15H22N2O3S/c1-9(7-8-16)13(18)17-14-12(15(19)20-2)10-5-3-4-6-11(10)21-14/h9H,3-8,16H2,1-2H3,(H,17,18).